The maximum absolute atomic E-state index is 13.9. The van der Waals surface area contributed by atoms with Crippen molar-refractivity contribution in [3.05, 3.63) is 29.8 Å². The van der Waals surface area contributed by atoms with Gasteiger partial charge in [0.15, 0.2) is 0 Å². The molecule has 0 bridgehead atoms. The van der Waals surface area contributed by atoms with Crippen LogP contribution in [0.25, 0.3) is 0 Å². The molecule has 0 amide bonds. The second kappa shape index (κ2) is 5.87. The molecule has 1 heterocycles. The summed E-state index contributed by atoms with van der Waals surface area (Å²) in [6.45, 7) is 7.72. The standard InChI is InChI=1S/C15H22F2N2/c1-10(2)7-12-9-19(11(3)8-18-12)15-13(16)5-4-6-14(15)17/h4-6,10-12,18H,7-9H2,1-3H3. The number of piperazine rings is 1. The van der Waals surface area contributed by atoms with Crippen LogP contribution < -0.4 is 10.2 Å². The topological polar surface area (TPSA) is 15.3 Å². The van der Waals surface area contributed by atoms with Gasteiger partial charge in [-0.3, -0.25) is 0 Å². The zero-order chi connectivity index (χ0) is 14.0. The van der Waals surface area contributed by atoms with Crippen molar-refractivity contribution in [2.45, 2.75) is 39.3 Å². The lowest BCUT2D eigenvalue weighted by molar-refractivity contribution is 0.351. The molecule has 4 heteroatoms. The largest absolute Gasteiger partial charge is 0.361 e. The first-order valence-corrected chi connectivity index (χ1v) is 6.93. The second-order valence-electron chi connectivity index (χ2n) is 5.81. The van der Waals surface area contributed by atoms with E-state index in [0.29, 0.717) is 12.5 Å². The number of rotatable bonds is 3. The van der Waals surface area contributed by atoms with Crippen molar-refractivity contribution in [3.8, 4) is 0 Å². The van der Waals surface area contributed by atoms with E-state index < -0.39 is 11.6 Å². The Morgan fingerprint density at radius 2 is 1.95 bits per heavy atom. The van der Waals surface area contributed by atoms with Gasteiger partial charge in [-0.15, -0.1) is 0 Å². The lowest BCUT2D eigenvalue weighted by Gasteiger charge is -2.41. The molecule has 0 aliphatic carbocycles. The van der Waals surface area contributed by atoms with Crippen molar-refractivity contribution in [1.82, 2.24) is 5.32 Å². The number of halogens is 2. The molecular formula is C15H22F2N2. The Balaban J connectivity index is 2.21. The molecule has 0 spiro atoms. The first kappa shape index (κ1) is 14.3. The molecule has 0 radical (unpaired) electrons. The molecule has 1 aliphatic rings. The summed E-state index contributed by atoms with van der Waals surface area (Å²) in [4.78, 5) is 1.86. The minimum absolute atomic E-state index is 0.0924. The molecule has 2 unspecified atom stereocenters. The first-order chi connectivity index (χ1) is 8.99. The molecule has 19 heavy (non-hydrogen) atoms. The number of nitrogens with zero attached hydrogens (tertiary/aromatic N) is 1. The third-order valence-electron chi connectivity index (χ3n) is 3.63. The molecule has 1 N–H and O–H groups in total. The van der Waals surface area contributed by atoms with E-state index in [1.54, 1.807) is 0 Å². The molecule has 1 aliphatic heterocycles. The normalized spacial score (nSPS) is 24.0. The molecule has 1 fully saturated rings. The fourth-order valence-electron chi connectivity index (χ4n) is 2.73. The summed E-state index contributed by atoms with van der Waals surface area (Å²) in [7, 11) is 0. The lowest BCUT2D eigenvalue weighted by atomic mass is 9.99. The van der Waals surface area contributed by atoms with Crippen molar-refractivity contribution in [2.75, 3.05) is 18.0 Å². The van der Waals surface area contributed by atoms with Gasteiger partial charge in [0.05, 0.1) is 0 Å². The Hall–Kier alpha value is -1.16. The second-order valence-corrected chi connectivity index (χ2v) is 5.81. The van der Waals surface area contributed by atoms with Crippen LogP contribution in [0.4, 0.5) is 14.5 Å². The number of para-hydroxylation sites is 1. The molecule has 106 valence electrons. The third kappa shape index (κ3) is 3.24. The van der Waals surface area contributed by atoms with Crippen molar-refractivity contribution in [3.63, 3.8) is 0 Å². The molecule has 0 aromatic heterocycles. The zero-order valence-electron chi connectivity index (χ0n) is 11.8. The summed E-state index contributed by atoms with van der Waals surface area (Å²) < 4.78 is 27.8. The van der Waals surface area contributed by atoms with E-state index in [-0.39, 0.29) is 17.8 Å². The van der Waals surface area contributed by atoms with Crippen LogP contribution in [0.2, 0.25) is 0 Å². The van der Waals surface area contributed by atoms with Gasteiger partial charge in [0.2, 0.25) is 0 Å². The average Bonchev–Trinajstić information content (AvgIpc) is 2.32. The minimum Gasteiger partial charge on any atom is -0.361 e. The van der Waals surface area contributed by atoms with Crippen molar-refractivity contribution >= 4 is 5.69 Å². The highest BCUT2D eigenvalue weighted by molar-refractivity contribution is 5.50. The summed E-state index contributed by atoms with van der Waals surface area (Å²) >= 11 is 0. The number of nitrogens with one attached hydrogen (secondary N) is 1. The lowest BCUT2D eigenvalue weighted by Crippen LogP contribution is -2.56. The Morgan fingerprint density at radius 1 is 1.32 bits per heavy atom. The molecular weight excluding hydrogens is 246 g/mol. The van der Waals surface area contributed by atoms with E-state index in [1.807, 2.05) is 11.8 Å². The molecule has 2 nitrogen and oxygen atoms in total. The summed E-state index contributed by atoms with van der Waals surface area (Å²) in [5.74, 6) is -0.382. The number of anilines is 1. The van der Waals surface area contributed by atoms with Gasteiger partial charge in [-0.2, -0.15) is 0 Å². The maximum Gasteiger partial charge on any atom is 0.149 e. The van der Waals surface area contributed by atoms with Gasteiger partial charge in [0, 0.05) is 25.2 Å². The monoisotopic (exact) mass is 268 g/mol. The molecule has 1 aromatic rings. The van der Waals surface area contributed by atoms with Gasteiger partial charge in [-0.1, -0.05) is 19.9 Å². The van der Waals surface area contributed by atoms with Gasteiger partial charge >= 0.3 is 0 Å². The number of benzene rings is 1. The van der Waals surface area contributed by atoms with Crippen LogP contribution in [0.3, 0.4) is 0 Å². The van der Waals surface area contributed by atoms with Gasteiger partial charge in [-0.05, 0) is 31.4 Å². The van der Waals surface area contributed by atoms with Crippen LogP contribution >= 0.6 is 0 Å². The van der Waals surface area contributed by atoms with Crippen LogP contribution in [0, 0.1) is 17.6 Å². The highest BCUT2D eigenvalue weighted by atomic mass is 19.1. The molecule has 0 saturated carbocycles. The van der Waals surface area contributed by atoms with E-state index in [9.17, 15) is 8.78 Å². The van der Waals surface area contributed by atoms with E-state index in [2.05, 4.69) is 19.2 Å². The van der Waals surface area contributed by atoms with Crippen molar-refractivity contribution in [1.29, 1.82) is 0 Å². The predicted molar refractivity (Wildman–Crippen MR) is 74.4 cm³/mol. The Kier molecular flexibility index (Phi) is 4.40. The fraction of sp³-hybridized carbons (Fsp3) is 0.600. The van der Waals surface area contributed by atoms with Crippen molar-refractivity contribution in [2.24, 2.45) is 5.92 Å². The Morgan fingerprint density at radius 3 is 2.53 bits per heavy atom. The number of hydrogen-bond donors (Lipinski definition) is 1. The van der Waals surface area contributed by atoms with Gasteiger partial charge in [0.25, 0.3) is 0 Å². The highest BCUT2D eigenvalue weighted by Crippen LogP contribution is 2.27. The summed E-state index contributed by atoms with van der Waals surface area (Å²) in [5, 5.41) is 3.45. The van der Waals surface area contributed by atoms with Crippen LogP contribution in [0.15, 0.2) is 18.2 Å². The predicted octanol–water partition coefficient (Wildman–Crippen LogP) is 3.18. The van der Waals surface area contributed by atoms with Crippen LogP contribution in [-0.2, 0) is 0 Å². The van der Waals surface area contributed by atoms with Crippen LogP contribution in [-0.4, -0.2) is 25.2 Å². The zero-order valence-corrected chi connectivity index (χ0v) is 11.8. The van der Waals surface area contributed by atoms with Crippen LogP contribution in [0.5, 0.6) is 0 Å². The van der Waals surface area contributed by atoms with E-state index in [0.717, 1.165) is 13.0 Å². The fourth-order valence-corrected chi connectivity index (χ4v) is 2.73. The minimum atomic E-state index is -0.475. The third-order valence-corrected chi connectivity index (χ3v) is 3.63. The average molecular weight is 268 g/mol. The number of hydrogen-bond acceptors (Lipinski definition) is 2. The summed E-state index contributed by atoms with van der Waals surface area (Å²) in [5.41, 5.74) is 0.116. The SMILES string of the molecule is CC(C)CC1CN(c2c(F)cccc2F)C(C)CN1. The first-order valence-electron chi connectivity index (χ1n) is 6.93. The molecule has 1 saturated heterocycles. The quantitative estimate of drug-likeness (QED) is 0.905. The summed E-state index contributed by atoms with van der Waals surface area (Å²) in [6, 6.07) is 4.44. The van der Waals surface area contributed by atoms with E-state index in [1.165, 1.54) is 18.2 Å². The Bertz CT molecular complexity index is 414. The van der Waals surface area contributed by atoms with E-state index >= 15 is 0 Å². The maximum atomic E-state index is 13.9. The van der Waals surface area contributed by atoms with Crippen molar-refractivity contribution < 1.29 is 8.78 Å². The van der Waals surface area contributed by atoms with Gasteiger partial charge < -0.3 is 10.2 Å². The van der Waals surface area contributed by atoms with Crippen LogP contribution in [0.1, 0.15) is 27.2 Å². The molecule has 2 atom stereocenters. The highest BCUT2D eigenvalue weighted by Gasteiger charge is 2.28. The molecule has 2 rings (SSSR count). The Labute approximate surface area is 113 Å². The molecule has 1 aromatic carbocycles. The smallest absolute Gasteiger partial charge is 0.149 e. The van der Waals surface area contributed by atoms with Gasteiger partial charge in [0.1, 0.15) is 17.3 Å². The van der Waals surface area contributed by atoms with E-state index in [4.69, 9.17) is 0 Å². The summed E-state index contributed by atoms with van der Waals surface area (Å²) in [6.07, 6.45) is 1.01. The van der Waals surface area contributed by atoms with Gasteiger partial charge in [-0.25, -0.2) is 8.78 Å².